The van der Waals surface area contributed by atoms with E-state index in [-0.39, 0.29) is 0 Å². The number of hydrogen-bond acceptors (Lipinski definition) is 11. The van der Waals surface area contributed by atoms with E-state index in [9.17, 15) is 32.7 Å². The summed E-state index contributed by atoms with van der Waals surface area (Å²) in [6, 6.07) is -2.22. The fourth-order valence-corrected chi connectivity index (χ4v) is 6.53. The third kappa shape index (κ3) is 8.44. The van der Waals surface area contributed by atoms with Gasteiger partial charge in [0.1, 0.15) is 18.3 Å². The van der Waals surface area contributed by atoms with Crippen LogP contribution >= 0.6 is 6.57 Å². The van der Waals surface area contributed by atoms with Crippen LogP contribution in [0.3, 0.4) is 0 Å². The Morgan fingerprint density at radius 2 is 1.70 bits per heavy atom. The van der Waals surface area contributed by atoms with Gasteiger partial charge in [0, 0.05) is 6.42 Å². The number of hydrogen-bond donors (Lipinski definition) is 4. The monoisotopic (exact) mass is 617 g/mol. The maximum Gasteiger partial charge on any atom is 0.351 e. The first-order chi connectivity index (χ1) is 18.4. The van der Waals surface area contributed by atoms with E-state index in [0.717, 1.165) is 0 Å². The first-order valence-electron chi connectivity index (χ1n) is 12.3. The van der Waals surface area contributed by atoms with Crippen molar-refractivity contribution >= 4 is 36.1 Å². The van der Waals surface area contributed by atoms with Gasteiger partial charge in [-0.3, -0.25) is 14.2 Å². The van der Waals surface area contributed by atoms with Crippen molar-refractivity contribution in [2.45, 2.75) is 96.6 Å². The van der Waals surface area contributed by atoms with Crippen LogP contribution in [0.2, 0.25) is 0 Å². The summed E-state index contributed by atoms with van der Waals surface area (Å²) in [6.45, 7) is 4.45. The van der Waals surface area contributed by atoms with Crippen LogP contribution in [-0.2, 0) is 40.1 Å². The Balaban J connectivity index is 2.36. The number of aliphatic hydroxyl groups is 1. The molecule has 0 aliphatic carbocycles. The van der Waals surface area contributed by atoms with Crippen molar-refractivity contribution in [3.05, 3.63) is 22.5 Å². The van der Waals surface area contributed by atoms with Gasteiger partial charge in [-0.2, -0.15) is 4.98 Å². The lowest BCUT2D eigenvalue weighted by atomic mass is 9.98. The summed E-state index contributed by atoms with van der Waals surface area (Å²) in [6.07, 6.45) is -7.73. The predicted molar refractivity (Wildman–Crippen MR) is 140 cm³/mol. The highest BCUT2D eigenvalue weighted by Crippen LogP contribution is 2.46. The number of rotatable bonds is 13. The van der Waals surface area contributed by atoms with Crippen LogP contribution in [-0.4, -0.2) is 75.6 Å². The number of alkyl halides is 2. The SMILES string of the molecule is CC(C)OC(=O)[C@H](C)NP(=S)(N[C@@H](C)C(=O)OC(C)C)OC[C@@]1(C(F)F)O[C@@H](n2cc(F)c(N)nc2=O)C[C@@H]1O. The van der Waals surface area contributed by atoms with Crippen LogP contribution in [0.5, 0.6) is 0 Å². The molecule has 1 aliphatic rings. The van der Waals surface area contributed by atoms with Gasteiger partial charge in [0.2, 0.25) is 0 Å². The number of nitrogens with one attached hydrogen (secondary N) is 2. The van der Waals surface area contributed by atoms with Crippen LogP contribution in [0.1, 0.15) is 54.2 Å². The van der Waals surface area contributed by atoms with Gasteiger partial charge >= 0.3 is 17.6 Å². The highest BCUT2D eigenvalue weighted by Gasteiger charge is 2.56. The molecule has 1 aromatic heterocycles. The summed E-state index contributed by atoms with van der Waals surface area (Å²) >= 11 is 5.54. The molecule has 0 saturated carbocycles. The van der Waals surface area contributed by atoms with E-state index < -0.39 is 97.5 Å². The summed E-state index contributed by atoms with van der Waals surface area (Å²) in [4.78, 5) is 40.3. The molecule has 0 amide bonds. The van der Waals surface area contributed by atoms with E-state index in [4.69, 9.17) is 36.3 Å². The second-order valence-corrected chi connectivity index (χ2v) is 13.2. The van der Waals surface area contributed by atoms with Crippen molar-refractivity contribution in [2.24, 2.45) is 0 Å². The van der Waals surface area contributed by atoms with Crippen LogP contribution < -0.4 is 21.6 Å². The minimum Gasteiger partial charge on any atom is -0.462 e. The Morgan fingerprint density at radius 1 is 1.20 bits per heavy atom. The zero-order valence-corrected chi connectivity index (χ0v) is 24.5. The summed E-state index contributed by atoms with van der Waals surface area (Å²) in [7, 11) is 0. The van der Waals surface area contributed by atoms with Gasteiger partial charge in [-0.05, 0) is 53.3 Å². The van der Waals surface area contributed by atoms with Gasteiger partial charge < -0.3 is 29.6 Å². The minimum atomic E-state index is -3.75. The van der Waals surface area contributed by atoms with Crippen molar-refractivity contribution in [2.75, 3.05) is 12.3 Å². The Bertz CT molecular complexity index is 1140. The largest absolute Gasteiger partial charge is 0.462 e. The molecule has 1 aliphatic heterocycles. The Kier molecular flexibility index (Phi) is 11.7. The lowest BCUT2D eigenvalue weighted by Gasteiger charge is -2.35. The molecule has 0 aromatic carbocycles. The minimum absolute atomic E-state index is 0.472. The number of aliphatic hydroxyl groups excluding tert-OH is 1. The number of esters is 2. The number of halogens is 3. The summed E-state index contributed by atoms with van der Waals surface area (Å²) < 4.78 is 64.8. The molecule has 5 N–H and O–H groups in total. The number of nitrogens with two attached hydrogens (primary N) is 1. The molecule has 13 nitrogen and oxygen atoms in total. The number of anilines is 1. The van der Waals surface area contributed by atoms with E-state index >= 15 is 0 Å². The fourth-order valence-electron chi connectivity index (χ4n) is 3.58. The number of ether oxygens (including phenoxy) is 3. The third-order valence-electron chi connectivity index (χ3n) is 5.57. The molecule has 0 radical (unpaired) electrons. The number of carbonyl (C=O) groups is 2. The summed E-state index contributed by atoms with van der Waals surface area (Å²) in [5, 5.41) is 16.0. The number of aromatic nitrogens is 2. The normalized spacial score (nSPS) is 23.0. The first-order valence-corrected chi connectivity index (χ1v) is 15.0. The van der Waals surface area contributed by atoms with Crippen LogP contribution in [0.15, 0.2) is 11.0 Å². The number of nitrogen functional groups attached to an aromatic ring is 1. The predicted octanol–water partition coefficient (Wildman–Crippen LogP) is 1.35. The smallest absolute Gasteiger partial charge is 0.351 e. The highest BCUT2D eigenvalue weighted by molar-refractivity contribution is 8.10. The molecule has 0 bridgehead atoms. The van der Waals surface area contributed by atoms with Crippen LogP contribution in [0, 0.1) is 5.82 Å². The van der Waals surface area contributed by atoms with Crippen molar-refractivity contribution in [3.8, 4) is 0 Å². The molecule has 0 unspecified atom stereocenters. The lowest BCUT2D eigenvalue weighted by Crippen LogP contribution is -2.51. The molecule has 0 spiro atoms. The zero-order valence-electron chi connectivity index (χ0n) is 22.8. The van der Waals surface area contributed by atoms with E-state index in [2.05, 4.69) is 15.2 Å². The molecule has 228 valence electrons. The molecule has 1 aromatic rings. The summed E-state index contributed by atoms with van der Waals surface area (Å²) in [5.74, 6) is -3.26. The quantitative estimate of drug-likeness (QED) is 0.185. The van der Waals surface area contributed by atoms with E-state index in [1.165, 1.54) is 13.8 Å². The van der Waals surface area contributed by atoms with Gasteiger partial charge in [-0.15, -0.1) is 0 Å². The van der Waals surface area contributed by atoms with Gasteiger partial charge in [-0.25, -0.2) is 28.1 Å². The van der Waals surface area contributed by atoms with E-state index in [0.29, 0.717) is 10.8 Å². The van der Waals surface area contributed by atoms with Gasteiger partial charge in [0.25, 0.3) is 6.43 Å². The average molecular weight is 618 g/mol. The molecule has 40 heavy (non-hydrogen) atoms. The zero-order chi connectivity index (χ0) is 30.6. The van der Waals surface area contributed by atoms with Crippen molar-refractivity contribution in [1.29, 1.82) is 0 Å². The number of carbonyl (C=O) groups excluding carboxylic acids is 2. The average Bonchev–Trinajstić information content (AvgIpc) is 3.16. The maximum atomic E-state index is 14.4. The number of nitrogens with zero attached hydrogens (tertiary/aromatic N) is 2. The third-order valence-corrected chi connectivity index (χ3v) is 8.46. The van der Waals surface area contributed by atoms with E-state index in [1.807, 2.05) is 0 Å². The molecule has 2 rings (SSSR count). The second kappa shape index (κ2) is 13.7. The highest BCUT2D eigenvalue weighted by atomic mass is 32.4. The second-order valence-electron chi connectivity index (χ2n) is 9.74. The molecular formula is C22H35F3N5O8PS. The van der Waals surface area contributed by atoms with Gasteiger partial charge in [0.05, 0.1) is 31.1 Å². The summed E-state index contributed by atoms with van der Waals surface area (Å²) in [5.41, 5.74) is 1.44. The van der Waals surface area contributed by atoms with E-state index in [1.54, 1.807) is 27.7 Å². The van der Waals surface area contributed by atoms with Crippen molar-refractivity contribution in [3.63, 3.8) is 0 Å². The fraction of sp³-hybridized carbons (Fsp3) is 0.727. The van der Waals surface area contributed by atoms with Crippen LogP contribution in [0.4, 0.5) is 19.0 Å². The van der Waals surface area contributed by atoms with Crippen LogP contribution in [0.25, 0.3) is 0 Å². The topological polar surface area (TPSA) is 176 Å². The molecule has 2 heterocycles. The van der Waals surface area contributed by atoms with Crippen molar-refractivity contribution < 1.29 is 46.6 Å². The van der Waals surface area contributed by atoms with Gasteiger partial charge in [-0.1, -0.05) is 0 Å². The molecule has 18 heteroatoms. The maximum absolute atomic E-state index is 14.4. The Hall–Kier alpha value is -2.14. The molecule has 1 fully saturated rings. The Morgan fingerprint density at radius 3 is 2.15 bits per heavy atom. The molecule has 5 atom stereocenters. The van der Waals surface area contributed by atoms with Crippen molar-refractivity contribution in [1.82, 2.24) is 19.7 Å². The lowest BCUT2D eigenvalue weighted by molar-refractivity contribution is -0.191. The first kappa shape index (κ1) is 34.1. The molecular weight excluding hydrogens is 582 g/mol. The van der Waals surface area contributed by atoms with Gasteiger partial charge in [0.15, 0.2) is 23.8 Å². The standard InChI is InChI=1S/C22H35F3N5O8PS/c1-10(2)36-18(32)12(5)28-39(40,29-13(6)19(33)37-11(3)4)35-9-22(20(24)25)15(31)7-16(38-22)30-8-14(23)17(26)27-21(30)34/h8,10-13,15-16,20,31H,7,9H2,1-6H3,(H2,26,27,34)(H2,28,29,40)/t12-,13-,15-,16+,22+/m0/s1. The Labute approximate surface area is 234 Å². The molecule has 1 saturated heterocycles.